The van der Waals surface area contributed by atoms with E-state index < -0.39 is 5.97 Å². The number of oxime groups is 1. The van der Waals surface area contributed by atoms with Crippen molar-refractivity contribution in [2.75, 3.05) is 0 Å². The van der Waals surface area contributed by atoms with Crippen LogP contribution in [0.1, 0.15) is 16.2 Å². The maximum absolute atomic E-state index is 11.6. The van der Waals surface area contributed by atoms with Crippen molar-refractivity contribution in [1.82, 2.24) is 5.16 Å². The highest BCUT2D eigenvalue weighted by Gasteiger charge is 2.16. The molecule has 0 fully saturated rings. The Kier molecular flexibility index (Phi) is 3.54. The number of nitrogens with one attached hydrogen (secondary N) is 1. The predicted octanol–water partition coefficient (Wildman–Crippen LogP) is 0.619. The molecule has 0 aliphatic rings. The summed E-state index contributed by atoms with van der Waals surface area (Å²) in [6.07, 6.45) is 1.20. The third-order valence-electron chi connectivity index (χ3n) is 1.96. The number of carbonyl (C=O) groups is 1. The number of hydrogen-bond acceptors (Lipinski definition) is 5. The number of halogens is 1. The highest BCUT2D eigenvalue weighted by Crippen LogP contribution is 2.15. The first-order valence-corrected chi connectivity index (χ1v) is 5.18. The normalized spacial score (nSPS) is 11.3. The van der Waals surface area contributed by atoms with Gasteiger partial charge in [-0.2, -0.15) is 0 Å². The number of aromatic nitrogens is 2. The van der Waals surface area contributed by atoms with E-state index in [9.17, 15) is 4.79 Å². The Morgan fingerprint density at radius 2 is 2.28 bits per heavy atom. The van der Waals surface area contributed by atoms with Crippen molar-refractivity contribution < 1.29 is 19.1 Å². The van der Waals surface area contributed by atoms with Crippen LogP contribution in [0.3, 0.4) is 0 Å². The van der Waals surface area contributed by atoms with Gasteiger partial charge in [0.05, 0.1) is 10.6 Å². The van der Waals surface area contributed by atoms with Crippen LogP contribution in [-0.2, 0) is 4.84 Å². The number of amidine groups is 1. The van der Waals surface area contributed by atoms with Crippen molar-refractivity contribution in [2.24, 2.45) is 10.9 Å². The van der Waals surface area contributed by atoms with E-state index in [0.717, 1.165) is 0 Å². The van der Waals surface area contributed by atoms with Gasteiger partial charge in [0.1, 0.15) is 0 Å². The molecular formula is C10H8ClN4O3+. The zero-order valence-corrected chi connectivity index (χ0v) is 9.72. The molecule has 0 aliphatic carbocycles. The number of benzene rings is 1. The molecule has 1 aromatic heterocycles. The van der Waals surface area contributed by atoms with E-state index in [0.29, 0.717) is 0 Å². The molecule has 2 rings (SSSR count). The highest BCUT2D eigenvalue weighted by molar-refractivity contribution is 6.33. The van der Waals surface area contributed by atoms with E-state index in [4.69, 9.17) is 17.3 Å². The molecule has 1 aromatic carbocycles. The molecule has 3 N–H and O–H groups in total. The van der Waals surface area contributed by atoms with Crippen molar-refractivity contribution in [2.45, 2.75) is 0 Å². The van der Waals surface area contributed by atoms with Crippen LogP contribution >= 0.6 is 11.6 Å². The minimum atomic E-state index is -0.716. The van der Waals surface area contributed by atoms with Gasteiger partial charge in [-0.15, -0.1) is 0 Å². The summed E-state index contributed by atoms with van der Waals surface area (Å²) in [6, 6.07) is 6.43. The standard InChI is InChI=1S/C10H7ClN4O3/c11-7-4-2-1-3-6(7)10(16)18-14-8(12)9-13-5-17-15-9/h1-5H,(H2,12,14)/p+1. The van der Waals surface area contributed by atoms with E-state index >= 15 is 0 Å². The Bertz CT molecular complexity index is 583. The molecule has 0 saturated heterocycles. The SMILES string of the molecule is NC(=NOC(=O)c1ccccc1Cl)c1noc[nH+]1. The Morgan fingerprint density at radius 3 is 2.94 bits per heavy atom. The average molecular weight is 268 g/mol. The van der Waals surface area contributed by atoms with Crippen LogP contribution in [0.2, 0.25) is 5.02 Å². The van der Waals surface area contributed by atoms with Gasteiger partial charge in [-0.1, -0.05) is 23.7 Å². The lowest BCUT2D eigenvalue weighted by Gasteiger charge is -1.99. The Hall–Kier alpha value is -2.41. The molecule has 0 amide bonds. The predicted molar refractivity (Wildman–Crippen MR) is 60.7 cm³/mol. The summed E-state index contributed by atoms with van der Waals surface area (Å²) in [6.45, 7) is 0. The molecule has 7 nitrogen and oxygen atoms in total. The smallest absolute Gasteiger partial charge is 0.374 e. The first-order valence-electron chi connectivity index (χ1n) is 4.80. The van der Waals surface area contributed by atoms with E-state index in [1.165, 1.54) is 12.5 Å². The number of nitrogens with zero attached hydrogens (tertiary/aromatic N) is 2. The molecule has 0 atom stereocenters. The van der Waals surface area contributed by atoms with Crippen LogP contribution < -0.4 is 10.7 Å². The quantitative estimate of drug-likeness (QED) is 0.380. The van der Waals surface area contributed by atoms with Crippen LogP contribution in [0.4, 0.5) is 0 Å². The van der Waals surface area contributed by atoms with Crippen LogP contribution in [0, 0.1) is 0 Å². The first kappa shape index (κ1) is 12.1. The Balaban J connectivity index is 2.09. The van der Waals surface area contributed by atoms with Gasteiger partial charge in [0, 0.05) is 0 Å². The topological polar surface area (TPSA) is 105 Å². The maximum atomic E-state index is 11.6. The van der Waals surface area contributed by atoms with Gasteiger partial charge in [0.15, 0.2) is 5.16 Å². The summed E-state index contributed by atoms with van der Waals surface area (Å²) < 4.78 is 4.52. The summed E-state index contributed by atoms with van der Waals surface area (Å²) in [5.41, 5.74) is 5.68. The van der Waals surface area contributed by atoms with Gasteiger partial charge in [0.25, 0.3) is 5.84 Å². The fraction of sp³-hybridized carbons (Fsp3) is 0. The molecule has 0 radical (unpaired) electrons. The summed E-state index contributed by atoms with van der Waals surface area (Å²) in [5.74, 6) is -0.682. The third kappa shape index (κ3) is 2.64. The highest BCUT2D eigenvalue weighted by atomic mass is 35.5. The minimum Gasteiger partial charge on any atom is -0.374 e. The van der Waals surface area contributed by atoms with Gasteiger partial charge in [-0.05, 0) is 17.3 Å². The van der Waals surface area contributed by atoms with E-state index in [1.54, 1.807) is 18.2 Å². The van der Waals surface area contributed by atoms with Gasteiger partial charge in [-0.25, -0.2) is 14.3 Å². The average Bonchev–Trinajstić information content (AvgIpc) is 2.90. The monoisotopic (exact) mass is 267 g/mol. The molecule has 0 unspecified atom stereocenters. The number of H-pyrrole nitrogens is 1. The summed E-state index contributed by atoms with van der Waals surface area (Å²) in [5, 5.41) is 7.17. The second-order valence-corrected chi connectivity index (χ2v) is 3.55. The Morgan fingerprint density at radius 1 is 1.50 bits per heavy atom. The van der Waals surface area contributed by atoms with E-state index in [-0.39, 0.29) is 22.2 Å². The van der Waals surface area contributed by atoms with Crippen molar-refractivity contribution in [3.63, 3.8) is 0 Å². The largest absolute Gasteiger partial charge is 0.416 e. The van der Waals surface area contributed by atoms with Crippen molar-refractivity contribution in [1.29, 1.82) is 0 Å². The number of nitrogens with two attached hydrogens (primary N) is 1. The minimum absolute atomic E-state index is 0.121. The van der Waals surface area contributed by atoms with Gasteiger partial charge in [0.2, 0.25) is 0 Å². The number of rotatable bonds is 3. The summed E-state index contributed by atoms with van der Waals surface area (Å²) in [7, 11) is 0. The molecule has 0 spiro atoms. The van der Waals surface area contributed by atoms with Crippen LogP contribution in [-0.4, -0.2) is 17.0 Å². The van der Waals surface area contributed by atoms with Crippen LogP contribution in [0.15, 0.2) is 40.3 Å². The fourth-order valence-corrected chi connectivity index (χ4v) is 1.33. The molecule has 8 heteroatoms. The molecule has 0 bridgehead atoms. The third-order valence-corrected chi connectivity index (χ3v) is 2.29. The molecule has 92 valence electrons. The zero-order valence-electron chi connectivity index (χ0n) is 8.96. The van der Waals surface area contributed by atoms with Crippen molar-refractivity contribution >= 4 is 23.4 Å². The van der Waals surface area contributed by atoms with Gasteiger partial charge < -0.3 is 10.6 Å². The van der Waals surface area contributed by atoms with Gasteiger partial charge in [-0.3, -0.25) is 0 Å². The lowest BCUT2D eigenvalue weighted by Crippen LogP contribution is -2.23. The second-order valence-electron chi connectivity index (χ2n) is 3.14. The number of hydrogen-bond donors (Lipinski definition) is 1. The molecule has 18 heavy (non-hydrogen) atoms. The Labute approximate surface area is 106 Å². The second kappa shape index (κ2) is 5.28. The van der Waals surface area contributed by atoms with Crippen molar-refractivity contribution in [3.05, 3.63) is 47.1 Å². The van der Waals surface area contributed by atoms with Gasteiger partial charge >= 0.3 is 18.2 Å². The molecular weight excluding hydrogens is 260 g/mol. The molecule has 2 aromatic rings. The van der Waals surface area contributed by atoms with E-state index in [2.05, 4.69) is 24.7 Å². The zero-order chi connectivity index (χ0) is 13.0. The fourth-order valence-electron chi connectivity index (χ4n) is 1.12. The number of aromatic amines is 1. The molecule has 1 heterocycles. The van der Waals surface area contributed by atoms with Crippen LogP contribution in [0.25, 0.3) is 0 Å². The van der Waals surface area contributed by atoms with Crippen LogP contribution in [0.5, 0.6) is 0 Å². The lowest BCUT2D eigenvalue weighted by molar-refractivity contribution is -0.386. The summed E-state index contributed by atoms with van der Waals surface area (Å²) >= 11 is 5.82. The molecule has 0 saturated carbocycles. The first-order chi connectivity index (χ1) is 8.68. The molecule has 0 aliphatic heterocycles. The number of carbonyl (C=O) groups excluding carboxylic acids is 1. The lowest BCUT2D eigenvalue weighted by atomic mass is 10.2. The van der Waals surface area contributed by atoms with E-state index in [1.807, 2.05) is 0 Å². The maximum Gasteiger partial charge on any atom is 0.416 e. The summed E-state index contributed by atoms with van der Waals surface area (Å²) in [4.78, 5) is 18.8. The van der Waals surface area contributed by atoms with Crippen molar-refractivity contribution in [3.8, 4) is 0 Å².